The minimum absolute atomic E-state index is 0.299. The molecule has 1 saturated carbocycles. The van der Waals surface area contributed by atoms with Gasteiger partial charge in [0.15, 0.2) is 0 Å². The van der Waals surface area contributed by atoms with Gasteiger partial charge in [0.2, 0.25) is 0 Å². The zero-order chi connectivity index (χ0) is 12.5. The van der Waals surface area contributed by atoms with Crippen LogP contribution in [0, 0.1) is 17.3 Å². The van der Waals surface area contributed by atoms with Gasteiger partial charge in [-0.15, -0.1) is 0 Å². The van der Waals surface area contributed by atoms with Crippen molar-refractivity contribution in [2.24, 2.45) is 23.0 Å². The molecule has 0 saturated heterocycles. The van der Waals surface area contributed by atoms with Crippen molar-refractivity contribution in [2.75, 3.05) is 0 Å². The van der Waals surface area contributed by atoms with Crippen molar-refractivity contribution < 1.29 is 0 Å². The Kier molecular flexibility index (Phi) is 3.97. The third-order valence-electron chi connectivity index (χ3n) is 4.81. The minimum atomic E-state index is 0.299. The molecule has 1 heteroatoms. The van der Waals surface area contributed by atoms with Crippen molar-refractivity contribution in [3.05, 3.63) is 11.6 Å². The van der Waals surface area contributed by atoms with Gasteiger partial charge in [-0.3, -0.25) is 0 Å². The summed E-state index contributed by atoms with van der Waals surface area (Å²) >= 11 is 0. The van der Waals surface area contributed by atoms with Gasteiger partial charge in [-0.1, -0.05) is 51.7 Å². The molecule has 0 amide bonds. The molecule has 0 aromatic carbocycles. The molecule has 0 bridgehead atoms. The number of nitrogens with two attached hydrogens (primary N) is 1. The van der Waals surface area contributed by atoms with Gasteiger partial charge in [-0.2, -0.15) is 0 Å². The topological polar surface area (TPSA) is 26.0 Å². The fourth-order valence-corrected chi connectivity index (χ4v) is 4.09. The highest BCUT2D eigenvalue weighted by molar-refractivity contribution is 5.18. The van der Waals surface area contributed by atoms with Crippen molar-refractivity contribution in [1.82, 2.24) is 0 Å². The van der Waals surface area contributed by atoms with Gasteiger partial charge in [-0.05, 0) is 42.9 Å². The highest BCUT2D eigenvalue weighted by Gasteiger charge is 2.33. The highest BCUT2D eigenvalue weighted by Crippen LogP contribution is 2.44. The summed E-state index contributed by atoms with van der Waals surface area (Å²) in [5, 5.41) is 0. The fraction of sp³-hybridized carbons (Fsp3) is 0.875. The van der Waals surface area contributed by atoms with Crippen LogP contribution in [0.2, 0.25) is 0 Å². The normalized spacial score (nSPS) is 37.6. The Balaban J connectivity index is 2.14. The first kappa shape index (κ1) is 13.1. The van der Waals surface area contributed by atoms with E-state index in [0.29, 0.717) is 11.5 Å². The first-order chi connectivity index (χ1) is 8.02. The summed E-state index contributed by atoms with van der Waals surface area (Å²) in [6.45, 7) is 7.12. The summed E-state index contributed by atoms with van der Waals surface area (Å²) in [6.07, 6.45) is 11.9. The van der Waals surface area contributed by atoms with Crippen molar-refractivity contribution >= 4 is 0 Å². The van der Waals surface area contributed by atoms with Gasteiger partial charge in [-0.25, -0.2) is 0 Å². The summed E-state index contributed by atoms with van der Waals surface area (Å²) < 4.78 is 0. The lowest BCUT2D eigenvalue weighted by molar-refractivity contribution is 0.222. The number of allylic oxidation sites excluding steroid dienone is 1. The van der Waals surface area contributed by atoms with Crippen LogP contribution in [-0.4, -0.2) is 6.04 Å². The second-order valence-corrected chi connectivity index (χ2v) is 7.01. The van der Waals surface area contributed by atoms with Gasteiger partial charge < -0.3 is 5.73 Å². The van der Waals surface area contributed by atoms with Crippen LogP contribution in [-0.2, 0) is 0 Å². The summed E-state index contributed by atoms with van der Waals surface area (Å²) in [7, 11) is 0. The molecule has 2 aliphatic carbocycles. The summed E-state index contributed by atoms with van der Waals surface area (Å²) in [5.74, 6) is 1.77. The van der Waals surface area contributed by atoms with E-state index in [0.717, 1.165) is 18.3 Å². The fourth-order valence-electron chi connectivity index (χ4n) is 4.09. The zero-order valence-electron chi connectivity index (χ0n) is 11.8. The predicted molar refractivity (Wildman–Crippen MR) is 74.8 cm³/mol. The van der Waals surface area contributed by atoms with E-state index in [-0.39, 0.29) is 0 Å². The van der Waals surface area contributed by atoms with Crippen LogP contribution in [0.3, 0.4) is 0 Å². The molecule has 0 aromatic rings. The maximum Gasteiger partial charge on any atom is 0.0231 e. The Morgan fingerprint density at radius 1 is 1.29 bits per heavy atom. The minimum Gasteiger partial charge on any atom is -0.324 e. The van der Waals surface area contributed by atoms with Gasteiger partial charge in [0, 0.05) is 6.04 Å². The molecule has 0 radical (unpaired) electrons. The first-order valence-electron chi connectivity index (χ1n) is 7.48. The summed E-state index contributed by atoms with van der Waals surface area (Å²) in [5.41, 5.74) is 8.33. The average molecular weight is 235 g/mol. The maximum absolute atomic E-state index is 6.22. The van der Waals surface area contributed by atoms with E-state index in [1.807, 2.05) is 0 Å². The van der Waals surface area contributed by atoms with E-state index in [1.165, 1.54) is 38.5 Å². The van der Waals surface area contributed by atoms with Crippen molar-refractivity contribution in [1.29, 1.82) is 0 Å². The van der Waals surface area contributed by atoms with Crippen LogP contribution in [0.1, 0.15) is 65.7 Å². The largest absolute Gasteiger partial charge is 0.324 e. The van der Waals surface area contributed by atoms with Crippen molar-refractivity contribution in [3.63, 3.8) is 0 Å². The van der Waals surface area contributed by atoms with E-state index >= 15 is 0 Å². The molecule has 1 fully saturated rings. The van der Waals surface area contributed by atoms with Gasteiger partial charge in [0.1, 0.15) is 0 Å². The Morgan fingerprint density at radius 3 is 2.65 bits per heavy atom. The quantitative estimate of drug-likeness (QED) is 0.710. The van der Waals surface area contributed by atoms with E-state index in [4.69, 9.17) is 5.73 Å². The SMILES string of the molecule is CCC1CCCCC1C1=CC(N)CC(C)(C)C1. The van der Waals surface area contributed by atoms with Gasteiger partial charge >= 0.3 is 0 Å². The molecule has 1 nitrogen and oxygen atoms in total. The predicted octanol–water partition coefficient (Wildman–Crippen LogP) is 4.28. The van der Waals surface area contributed by atoms with E-state index < -0.39 is 0 Å². The lowest BCUT2D eigenvalue weighted by atomic mass is 9.66. The summed E-state index contributed by atoms with van der Waals surface area (Å²) in [6, 6.07) is 0.299. The Hall–Kier alpha value is -0.300. The average Bonchev–Trinajstić information content (AvgIpc) is 2.26. The van der Waals surface area contributed by atoms with Crippen LogP contribution in [0.15, 0.2) is 11.6 Å². The molecule has 3 atom stereocenters. The monoisotopic (exact) mass is 235 g/mol. The van der Waals surface area contributed by atoms with E-state index in [1.54, 1.807) is 5.57 Å². The molecule has 0 aliphatic heterocycles. The lowest BCUT2D eigenvalue weighted by Crippen LogP contribution is -2.34. The first-order valence-corrected chi connectivity index (χ1v) is 7.48. The lowest BCUT2D eigenvalue weighted by Gasteiger charge is -2.40. The third-order valence-corrected chi connectivity index (χ3v) is 4.81. The molecule has 2 rings (SSSR count). The molecule has 2 N–H and O–H groups in total. The molecule has 2 aliphatic rings. The number of rotatable bonds is 2. The smallest absolute Gasteiger partial charge is 0.0231 e. The molecular weight excluding hydrogens is 206 g/mol. The van der Waals surface area contributed by atoms with Gasteiger partial charge in [0.05, 0.1) is 0 Å². The molecule has 17 heavy (non-hydrogen) atoms. The molecule has 0 spiro atoms. The van der Waals surface area contributed by atoms with Crippen LogP contribution in [0.5, 0.6) is 0 Å². The van der Waals surface area contributed by atoms with E-state index in [9.17, 15) is 0 Å². The van der Waals surface area contributed by atoms with E-state index in [2.05, 4.69) is 26.8 Å². The van der Waals surface area contributed by atoms with Crippen LogP contribution >= 0.6 is 0 Å². The van der Waals surface area contributed by atoms with Crippen molar-refractivity contribution in [2.45, 2.75) is 71.8 Å². The third kappa shape index (κ3) is 3.13. The zero-order valence-corrected chi connectivity index (χ0v) is 11.8. The number of hydrogen-bond acceptors (Lipinski definition) is 1. The van der Waals surface area contributed by atoms with Crippen LogP contribution in [0.4, 0.5) is 0 Å². The van der Waals surface area contributed by atoms with Gasteiger partial charge in [0.25, 0.3) is 0 Å². The molecular formula is C16H29N. The van der Waals surface area contributed by atoms with Crippen molar-refractivity contribution in [3.8, 4) is 0 Å². The van der Waals surface area contributed by atoms with Crippen LogP contribution in [0.25, 0.3) is 0 Å². The van der Waals surface area contributed by atoms with Crippen LogP contribution < -0.4 is 5.73 Å². The number of hydrogen-bond donors (Lipinski definition) is 1. The molecule has 3 unspecified atom stereocenters. The maximum atomic E-state index is 6.22. The standard InChI is InChI=1S/C16H29N/c1-4-12-7-5-6-8-15(12)13-9-14(17)11-16(2,3)10-13/h9,12,14-15H,4-8,10-11,17H2,1-3H3. The molecule has 98 valence electrons. The second-order valence-electron chi connectivity index (χ2n) is 7.01. The Bertz CT molecular complexity index is 290. The molecule has 0 heterocycles. The highest BCUT2D eigenvalue weighted by atomic mass is 14.6. The summed E-state index contributed by atoms with van der Waals surface area (Å²) in [4.78, 5) is 0. The second kappa shape index (κ2) is 5.14. The molecule has 0 aromatic heterocycles. The Morgan fingerprint density at radius 2 is 2.00 bits per heavy atom. The Labute approximate surface area is 107 Å².